The molecule has 0 rings (SSSR count). The normalized spacial score (nSPS) is 17.5. The molecule has 1 N–H and O–H groups in total. The average molecular weight is 158 g/mol. The number of aliphatic carboxylic acids is 1. The minimum Gasteiger partial charge on any atom is -0.481 e. The molecule has 66 valence electrons. The zero-order valence-corrected chi connectivity index (χ0v) is 8.01. The molecule has 0 aromatic rings. The van der Waals surface area contributed by atoms with Crippen LogP contribution in [0.25, 0.3) is 0 Å². The van der Waals surface area contributed by atoms with E-state index in [1.165, 1.54) is 0 Å². The molecule has 2 nitrogen and oxygen atoms in total. The number of carbonyl (C=O) groups is 1. The number of carboxylic acids is 1. The van der Waals surface area contributed by atoms with E-state index in [-0.39, 0.29) is 17.3 Å². The Labute approximate surface area is 68.6 Å². The summed E-state index contributed by atoms with van der Waals surface area (Å²) in [6, 6.07) is 0. The van der Waals surface area contributed by atoms with Crippen LogP contribution in [0, 0.1) is 17.3 Å². The summed E-state index contributed by atoms with van der Waals surface area (Å²) in [5.41, 5.74) is 0.0812. The van der Waals surface area contributed by atoms with Crippen molar-refractivity contribution in [2.24, 2.45) is 17.3 Å². The van der Waals surface area contributed by atoms with Gasteiger partial charge in [-0.15, -0.1) is 0 Å². The summed E-state index contributed by atoms with van der Waals surface area (Å²) in [5, 5.41) is 8.72. The highest BCUT2D eigenvalue weighted by atomic mass is 16.4. The molecule has 2 atom stereocenters. The van der Waals surface area contributed by atoms with Crippen LogP contribution in [0.3, 0.4) is 0 Å². The van der Waals surface area contributed by atoms with Crippen molar-refractivity contribution >= 4 is 5.97 Å². The van der Waals surface area contributed by atoms with Crippen molar-refractivity contribution in [1.29, 1.82) is 0 Å². The molecule has 0 fully saturated rings. The Balaban J connectivity index is 4.25. The Morgan fingerprint density at radius 3 is 1.73 bits per heavy atom. The Hall–Kier alpha value is -0.530. The van der Waals surface area contributed by atoms with Crippen molar-refractivity contribution in [2.75, 3.05) is 0 Å². The molecular weight excluding hydrogens is 140 g/mol. The van der Waals surface area contributed by atoms with Gasteiger partial charge in [0, 0.05) is 0 Å². The Morgan fingerprint density at radius 2 is 1.64 bits per heavy atom. The Kier molecular flexibility index (Phi) is 3.09. The molecule has 0 saturated carbocycles. The van der Waals surface area contributed by atoms with E-state index in [4.69, 9.17) is 5.11 Å². The topological polar surface area (TPSA) is 37.3 Å². The second-order valence-electron chi connectivity index (χ2n) is 4.28. The van der Waals surface area contributed by atoms with Gasteiger partial charge in [0.25, 0.3) is 0 Å². The fraction of sp³-hybridized carbons (Fsp3) is 0.889. The fourth-order valence-electron chi connectivity index (χ4n) is 0.964. The molecule has 0 saturated heterocycles. The molecule has 0 radical (unpaired) electrons. The van der Waals surface area contributed by atoms with Gasteiger partial charge in [-0.05, 0) is 11.3 Å². The molecule has 0 aliphatic rings. The molecular formula is C9H18O2. The number of hydrogen-bond acceptors (Lipinski definition) is 1. The zero-order valence-electron chi connectivity index (χ0n) is 8.01. The Bertz CT molecular complexity index is 144. The molecule has 11 heavy (non-hydrogen) atoms. The standard InChI is InChI=1S/C9H18O2/c1-6(8(10)11)7(2)9(3,4)5/h6-7H,1-5H3,(H,10,11)/t6-,7+/m0/s1. The van der Waals surface area contributed by atoms with Crippen molar-refractivity contribution in [3.63, 3.8) is 0 Å². The van der Waals surface area contributed by atoms with Crippen LogP contribution in [0.1, 0.15) is 34.6 Å². The van der Waals surface area contributed by atoms with Crippen LogP contribution >= 0.6 is 0 Å². The van der Waals surface area contributed by atoms with Crippen LogP contribution in [0.4, 0.5) is 0 Å². The molecule has 0 bridgehead atoms. The van der Waals surface area contributed by atoms with Gasteiger partial charge in [-0.3, -0.25) is 4.79 Å². The van der Waals surface area contributed by atoms with Gasteiger partial charge in [0.15, 0.2) is 0 Å². The summed E-state index contributed by atoms with van der Waals surface area (Å²) >= 11 is 0. The van der Waals surface area contributed by atoms with Crippen molar-refractivity contribution in [3.8, 4) is 0 Å². The maximum atomic E-state index is 10.6. The lowest BCUT2D eigenvalue weighted by molar-refractivity contribution is -0.144. The Morgan fingerprint density at radius 1 is 1.27 bits per heavy atom. The van der Waals surface area contributed by atoms with Crippen LogP contribution < -0.4 is 0 Å². The third-order valence-corrected chi connectivity index (χ3v) is 2.51. The molecule has 2 heteroatoms. The lowest BCUT2D eigenvalue weighted by atomic mass is 9.75. The molecule has 0 spiro atoms. The summed E-state index contributed by atoms with van der Waals surface area (Å²) in [5.74, 6) is -0.748. The summed E-state index contributed by atoms with van der Waals surface area (Å²) in [4.78, 5) is 10.6. The highest BCUT2D eigenvalue weighted by molar-refractivity contribution is 5.69. The molecule has 0 heterocycles. The first-order chi connectivity index (χ1) is 4.76. The maximum Gasteiger partial charge on any atom is 0.306 e. The second kappa shape index (κ2) is 3.24. The molecule has 0 unspecified atom stereocenters. The van der Waals surface area contributed by atoms with Gasteiger partial charge in [-0.25, -0.2) is 0 Å². The van der Waals surface area contributed by atoms with Gasteiger partial charge in [-0.1, -0.05) is 34.6 Å². The summed E-state index contributed by atoms with van der Waals surface area (Å²) < 4.78 is 0. The van der Waals surface area contributed by atoms with Crippen LogP contribution in [-0.2, 0) is 4.79 Å². The first-order valence-corrected chi connectivity index (χ1v) is 3.99. The van der Waals surface area contributed by atoms with Crippen LogP contribution in [0.2, 0.25) is 0 Å². The van der Waals surface area contributed by atoms with Gasteiger partial charge in [0.1, 0.15) is 0 Å². The van der Waals surface area contributed by atoms with Gasteiger partial charge in [0.05, 0.1) is 5.92 Å². The highest BCUT2D eigenvalue weighted by Crippen LogP contribution is 2.31. The summed E-state index contributed by atoms with van der Waals surface area (Å²) in [6.45, 7) is 9.95. The van der Waals surface area contributed by atoms with E-state index in [9.17, 15) is 4.79 Å². The number of hydrogen-bond donors (Lipinski definition) is 1. The minimum atomic E-state index is -0.701. The van der Waals surface area contributed by atoms with E-state index >= 15 is 0 Å². The van der Waals surface area contributed by atoms with Crippen LogP contribution in [0.15, 0.2) is 0 Å². The maximum absolute atomic E-state index is 10.6. The lowest BCUT2D eigenvalue weighted by Crippen LogP contribution is -2.28. The quantitative estimate of drug-likeness (QED) is 0.670. The van der Waals surface area contributed by atoms with Gasteiger partial charge < -0.3 is 5.11 Å². The van der Waals surface area contributed by atoms with Crippen molar-refractivity contribution in [1.82, 2.24) is 0 Å². The predicted molar refractivity (Wildman–Crippen MR) is 45.4 cm³/mol. The molecule has 0 aliphatic carbocycles. The minimum absolute atomic E-state index is 0.0812. The summed E-state index contributed by atoms with van der Waals surface area (Å²) in [7, 11) is 0. The zero-order chi connectivity index (χ0) is 9.23. The predicted octanol–water partition coefficient (Wildman–Crippen LogP) is 2.39. The van der Waals surface area contributed by atoms with Gasteiger partial charge >= 0.3 is 5.97 Å². The highest BCUT2D eigenvalue weighted by Gasteiger charge is 2.29. The monoisotopic (exact) mass is 158 g/mol. The third-order valence-electron chi connectivity index (χ3n) is 2.51. The molecule has 0 aliphatic heterocycles. The molecule has 0 aromatic carbocycles. The van der Waals surface area contributed by atoms with Crippen molar-refractivity contribution in [2.45, 2.75) is 34.6 Å². The largest absolute Gasteiger partial charge is 0.481 e. The first-order valence-electron chi connectivity index (χ1n) is 3.99. The second-order valence-corrected chi connectivity index (χ2v) is 4.28. The van der Waals surface area contributed by atoms with Crippen molar-refractivity contribution in [3.05, 3.63) is 0 Å². The fourth-order valence-corrected chi connectivity index (χ4v) is 0.964. The van der Waals surface area contributed by atoms with E-state index in [0.29, 0.717) is 0 Å². The van der Waals surface area contributed by atoms with Gasteiger partial charge in [-0.2, -0.15) is 0 Å². The number of rotatable bonds is 2. The summed E-state index contributed by atoms with van der Waals surface area (Å²) in [6.07, 6.45) is 0. The van der Waals surface area contributed by atoms with Crippen molar-refractivity contribution < 1.29 is 9.90 Å². The first kappa shape index (κ1) is 10.5. The van der Waals surface area contributed by atoms with E-state index in [1.807, 2.05) is 6.92 Å². The smallest absolute Gasteiger partial charge is 0.306 e. The number of carboxylic acid groups (broad SMARTS) is 1. The van der Waals surface area contributed by atoms with Crippen LogP contribution in [-0.4, -0.2) is 11.1 Å². The van der Waals surface area contributed by atoms with E-state index in [1.54, 1.807) is 6.92 Å². The van der Waals surface area contributed by atoms with E-state index in [2.05, 4.69) is 20.8 Å². The lowest BCUT2D eigenvalue weighted by Gasteiger charge is -2.30. The molecule has 0 amide bonds. The van der Waals surface area contributed by atoms with E-state index in [0.717, 1.165) is 0 Å². The SMILES string of the molecule is C[C@H](C(=O)O)[C@@H](C)C(C)(C)C. The van der Waals surface area contributed by atoms with Gasteiger partial charge in [0.2, 0.25) is 0 Å². The molecule has 0 aromatic heterocycles. The average Bonchev–Trinajstić information content (AvgIpc) is 1.82. The van der Waals surface area contributed by atoms with E-state index < -0.39 is 5.97 Å². The van der Waals surface area contributed by atoms with Crippen LogP contribution in [0.5, 0.6) is 0 Å². The third kappa shape index (κ3) is 2.91.